The lowest BCUT2D eigenvalue weighted by Gasteiger charge is -2.22. The van der Waals surface area contributed by atoms with Crippen molar-refractivity contribution in [2.75, 3.05) is 18.5 Å². The zero-order valence-electron chi connectivity index (χ0n) is 12.7. The lowest BCUT2D eigenvalue weighted by Crippen LogP contribution is -2.35. The standard InChI is InChI=1S/C16H27N3/c1-6-7-8-11-19(5)15-9-10-17-14(12-15)13-18-16(2,3)4/h6,9-10,12,18H,1,7-8,11,13H2,2-5H3. The van der Waals surface area contributed by atoms with Gasteiger partial charge >= 0.3 is 0 Å². The monoisotopic (exact) mass is 261 g/mol. The second-order valence-electron chi connectivity index (χ2n) is 5.96. The van der Waals surface area contributed by atoms with Gasteiger partial charge in [0.05, 0.1) is 5.69 Å². The molecule has 1 aromatic heterocycles. The maximum absolute atomic E-state index is 4.42. The fourth-order valence-corrected chi connectivity index (χ4v) is 1.76. The van der Waals surface area contributed by atoms with Crippen LogP contribution in [0.3, 0.4) is 0 Å². The van der Waals surface area contributed by atoms with Crippen LogP contribution >= 0.6 is 0 Å². The Morgan fingerprint density at radius 1 is 1.42 bits per heavy atom. The lowest BCUT2D eigenvalue weighted by molar-refractivity contribution is 0.421. The van der Waals surface area contributed by atoms with Gasteiger partial charge in [-0.1, -0.05) is 6.08 Å². The average molecular weight is 261 g/mol. The van der Waals surface area contributed by atoms with Crippen LogP contribution in [0.4, 0.5) is 5.69 Å². The quantitative estimate of drug-likeness (QED) is 0.602. The van der Waals surface area contributed by atoms with Gasteiger partial charge in [0.25, 0.3) is 0 Å². The molecule has 0 amide bonds. The highest BCUT2D eigenvalue weighted by atomic mass is 15.1. The minimum Gasteiger partial charge on any atom is -0.374 e. The predicted octanol–water partition coefficient (Wildman–Crippen LogP) is 3.37. The van der Waals surface area contributed by atoms with Crippen LogP contribution in [0.2, 0.25) is 0 Å². The summed E-state index contributed by atoms with van der Waals surface area (Å²) in [6, 6.07) is 4.22. The molecule has 0 saturated carbocycles. The summed E-state index contributed by atoms with van der Waals surface area (Å²) in [5.41, 5.74) is 2.43. The summed E-state index contributed by atoms with van der Waals surface area (Å²) in [4.78, 5) is 6.69. The molecule has 0 saturated heterocycles. The molecule has 0 aliphatic rings. The molecule has 0 aliphatic carbocycles. The van der Waals surface area contributed by atoms with E-state index >= 15 is 0 Å². The fourth-order valence-electron chi connectivity index (χ4n) is 1.76. The van der Waals surface area contributed by atoms with Crippen LogP contribution in [-0.4, -0.2) is 24.1 Å². The topological polar surface area (TPSA) is 28.2 Å². The highest BCUT2D eigenvalue weighted by Gasteiger charge is 2.09. The van der Waals surface area contributed by atoms with Crippen molar-refractivity contribution < 1.29 is 0 Å². The number of anilines is 1. The summed E-state index contributed by atoms with van der Waals surface area (Å²) < 4.78 is 0. The van der Waals surface area contributed by atoms with Crippen molar-refractivity contribution in [2.45, 2.75) is 45.7 Å². The molecule has 1 rings (SSSR count). The van der Waals surface area contributed by atoms with Gasteiger partial charge in [0, 0.05) is 37.6 Å². The molecule has 3 heteroatoms. The number of unbranched alkanes of at least 4 members (excludes halogenated alkanes) is 1. The Balaban J connectivity index is 2.58. The third-order valence-electron chi connectivity index (χ3n) is 2.94. The molecular formula is C16H27N3. The summed E-state index contributed by atoms with van der Waals surface area (Å²) in [7, 11) is 2.12. The van der Waals surface area contributed by atoms with Gasteiger partial charge in [-0.15, -0.1) is 6.58 Å². The number of nitrogens with one attached hydrogen (secondary N) is 1. The first kappa shape index (κ1) is 15.7. The van der Waals surface area contributed by atoms with Crippen LogP contribution in [-0.2, 0) is 6.54 Å². The molecule has 106 valence electrons. The molecule has 1 heterocycles. The van der Waals surface area contributed by atoms with E-state index in [4.69, 9.17) is 0 Å². The van der Waals surface area contributed by atoms with E-state index in [-0.39, 0.29) is 5.54 Å². The van der Waals surface area contributed by atoms with Crippen molar-refractivity contribution in [3.05, 3.63) is 36.7 Å². The van der Waals surface area contributed by atoms with Crippen LogP contribution in [0.15, 0.2) is 31.0 Å². The molecular weight excluding hydrogens is 234 g/mol. The largest absolute Gasteiger partial charge is 0.374 e. The molecule has 0 unspecified atom stereocenters. The first-order valence-corrected chi connectivity index (χ1v) is 6.94. The molecule has 0 aromatic carbocycles. The number of rotatable bonds is 7. The van der Waals surface area contributed by atoms with E-state index in [9.17, 15) is 0 Å². The molecule has 0 radical (unpaired) electrons. The van der Waals surface area contributed by atoms with Gasteiger partial charge in [0.15, 0.2) is 0 Å². The summed E-state index contributed by atoms with van der Waals surface area (Å²) in [6.07, 6.45) is 6.06. The average Bonchev–Trinajstić information content (AvgIpc) is 2.36. The van der Waals surface area contributed by atoms with Crippen molar-refractivity contribution in [3.63, 3.8) is 0 Å². The third-order valence-corrected chi connectivity index (χ3v) is 2.94. The highest BCUT2D eigenvalue weighted by molar-refractivity contribution is 5.45. The van der Waals surface area contributed by atoms with Crippen LogP contribution in [0.1, 0.15) is 39.3 Å². The lowest BCUT2D eigenvalue weighted by atomic mass is 10.1. The van der Waals surface area contributed by atoms with Crippen molar-refractivity contribution in [1.29, 1.82) is 0 Å². The van der Waals surface area contributed by atoms with Gasteiger partial charge < -0.3 is 10.2 Å². The fraction of sp³-hybridized carbons (Fsp3) is 0.562. The van der Waals surface area contributed by atoms with Gasteiger partial charge in [0.2, 0.25) is 0 Å². The number of pyridine rings is 1. The van der Waals surface area contributed by atoms with E-state index in [0.717, 1.165) is 31.6 Å². The van der Waals surface area contributed by atoms with Gasteiger partial charge in [-0.3, -0.25) is 4.98 Å². The third kappa shape index (κ3) is 6.39. The summed E-state index contributed by atoms with van der Waals surface area (Å²) >= 11 is 0. The molecule has 3 nitrogen and oxygen atoms in total. The summed E-state index contributed by atoms with van der Waals surface area (Å²) in [5, 5.41) is 3.46. The molecule has 0 fully saturated rings. The Hall–Kier alpha value is -1.35. The van der Waals surface area contributed by atoms with Gasteiger partial charge in [0.1, 0.15) is 0 Å². The van der Waals surface area contributed by atoms with Crippen LogP contribution in [0.5, 0.6) is 0 Å². The Morgan fingerprint density at radius 3 is 2.79 bits per heavy atom. The van der Waals surface area contributed by atoms with E-state index in [1.165, 1.54) is 5.69 Å². The Bertz CT molecular complexity index is 393. The van der Waals surface area contributed by atoms with Crippen molar-refractivity contribution >= 4 is 5.69 Å². The van der Waals surface area contributed by atoms with E-state index in [1.807, 2.05) is 12.3 Å². The van der Waals surface area contributed by atoms with Gasteiger partial charge in [-0.05, 0) is 45.7 Å². The normalized spacial score (nSPS) is 11.4. The first-order chi connectivity index (χ1) is 8.92. The second kappa shape index (κ2) is 7.29. The summed E-state index contributed by atoms with van der Waals surface area (Å²) in [6.45, 7) is 12.1. The van der Waals surface area contributed by atoms with Gasteiger partial charge in [-0.2, -0.15) is 0 Å². The minimum atomic E-state index is 0.119. The SMILES string of the molecule is C=CCCCN(C)c1ccnc(CNC(C)(C)C)c1. The maximum Gasteiger partial charge on any atom is 0.0562 e. The summed E-state index contributed by atoms with van der Waals surface area (Å²) in [5.74, 6) is 0. The van der Waals surface area contributed by atoms with Crippen molar-refractivity contribution in [2.24, 2.45) is 0 Å². The van der Waals surface area contributed by atoms with Gasteiger partial charge in [-0.25, -0.2) is 0 Å². The van der Waals surface area contributed by atoms with Crippen LogP contribution in [0.25, 0.3) is 0 Å². The molecule has 0 aliphatic heterocycles. The predicted molar refractivity (Wildman–Crippen MR) is 83.5 cm³/mol. The highest BCUT2D eigenvalue weighted by Crippen LogP contribution is 2.14. The number of aromatic nitrogens is 1. The second-order valence-corrected chi connectivity index (χ2v) is 5.96. The van der Waals surface area contributed by atoms with E-state index in [1.54, 1.807) is 0 Å². The minimum absolute atomic E-state index is 0.119. The van der Waals surface area contributed by atoms with E-state index in [2.05, 4.69) is 61.7 Å². The zero-order valence-corrected chi connectivity index (χ0v) is 12.7. The number of nitrogens with zero attached hydrogens (tertiary/aromatic N) is 2. The smallest absolute Gasteiger partial charge is 0.0562 e. The molecule has 0 bridgehead atoms. The van der Waals surface area contributed by atoms with E-state index < -0.39 is 0 Å². The van der Waals surface area contributed by atoms with E-state index in [0.29, 0.717) is 0 Å². The van der Waals surface area contributed by atoms with Crippen LogP contribution < -0.4 is 10.2 Å². The Morgan fingerprint density at radius 2 is 2.16 bits per heavy atom. The molecule has 0 atom stereocenters. The van der Waals surface area contributed by atoms with Crippen molar-refractivity contribution in [3.8, 4) is 0 Å². The van der Waals surface area contributed by atoms with Crippen molar-refractivity contribution in [1.82, 2.24) is 10.3 Å². The zero-order chi connectivity index (χ0) is 14.3. The molecule has 19 heavy (non-hydrogen) atoms. The Labute approximate surface area is 117 Å². The molecule has 1 N–H and O–H groups in total. The first-order valence-electron chi connectivity index (χ1n) is 6.94. The number of allylic oxidation sites excluding steroid dienone is 1. The number of hydrogen-bond acceptors (Lipinski definition) is 3. The molecule has 1 aromatic rings. The maximum atomic E-state index is 4.42. The Kier molecular flexibility index (Phi) is 6.03. The van der Waals surface area contributed by atoms with Crippen LogP contribution in [0, 0.1) is 0 Å². The number of hydrogen-bond donors (Lipinski definition) is 1. The molecule has 0 spiro atoms.